The molecule has 0 bridgehead atoms. The predicted molar refractivity (Wildman–Crippen MR) is 73.3 cm³/mol. The van der Waals surface area contributed by atoms with E-state index in [1.807, 2.05) is 6.20 Å². The molecular weight excluding hydrogens is 210 g/mol. The van der Waals surface area contributed by atoms with E-state index in [0.717, 1.165) is 25.8 Å². The first-order valence-corrected chi connectivity index (χ1v) is 6.94. The van der Waals surface area contributed by atoms with E-state index in [1.54, 1.807) is 0 Å². The van der Waals surface area contributed by atoms with Crippen LogP contribution in [-0.2, 0) is 6.42 Å². The summed E-state index contributed by atoms with van der Waals surface area (Å²) in [5.41, 5.74) is 0. The van der Waals surface area contributed by atoms with Gasteiger partial charge in [-0.05, 0) is 39.7 Å². The van der Waals surface area contributed by atoms with Crippen molar-refractivity contribution in [2.75, 3.05) is 6.54 Å². The van der Waals surface area contributed by atoms with Gasteiger partial charge in [-0.2, -0.15) is 0 Å². The summed E-state index contributed by atoms with van der Waals surface area (Å²) in [4.78, 5) is 4.44. The molecule has 0 aliphatic carbocycles. The number of imidazole rings is 1. The number of aromatic nitrogens is 2. The first kappa shape index (κ1) is 14.2. The molecule has 0 aliphatic heterocycles. The highest BCUT2D eigenvalue weighted by Crippen LogP contribution is 2.16. The van der Waals surface area contributed by atoms with Crippen molar-refractivity contribution in [2.45, 2.75) is 65.5 Å². The third-order valence-corrected chi connectivity index (χ3v) is 3.13. The Morgan fingerprint density at radius 3 is 2.71 bits per heavy atom. The minimum absolute atomic E-state index is 0.526. The normalized spacial score (nSPS) is 14.8. The van der Waals surface area contributed by atoms with Crippen molar-refractivity contribution in [1.29, 1.82) is 0 Å². The van der Waals surface area contributed by atoms with Gasteiger partial charge in [0.1, 0.15) is 5.82 Å². The molecule has 17 heavy (non-hydrogen) atoms. The van der Waals surface area contributed by atoms with Gasteiger partial charge in [0.05, 0.1) is 0 Å². The second-order valence-electron chi connectivity index (χ2n) is 4.94. The molecule has 1 aromatic heterocycles. The summed E-state index contributed by atoms with van der Waals surface area (Å²) in [6.45, 7) is 10.1. The third-order valence-electron chi connectivity index (χ3n) is 3.13. The SMILES string of the molecule is CCCNC(C)CC(C)n1ccnc1CCC. The lowest BCUT2D eigenvalue weighted by atomic mass is 10.1. The fraction of sp³-hybridized carbons (Fsp3) is 0.786. The molecule has 0 aromatic carbocycles. The maximum absolute atomic E-state index is 4.44. The molecule has 1 aromatic rings. The topological polar surface area (TPSA) is 29.9 Å². The molecule has 3 nitrogen and oxygen atoms in total. The molecule has 2 atom stereocenters. The van der Waals surface area contributed by atoms with E-state index in [0.29, 0.717) is 12.1 Å². The van der Waals surface area contributed by atoms with Crippen LogP contribution in [0.15, 0.2) is 12.4 Å². The lowest BCUT2D eigenvalue weighted by molar-refractivity contribution is 0.405. The standard InChI is InChI=1S/C14H27N3/c1-5-7-14-16-9-10-17(14)13(4)11-12(3)15-8-6-2/h9-10,12-13,15H,5-8,11H2,1-4H3. The van der Waals surface area contributed by atoms with Gasteiger partial charge < -0.3 is 9.88 Å². The van der Waals surface area contributed by atoms with Crippen LogP contribution in [0.4, 0.5) is 0 Å². The second-order valence-corrected chi connectivity index (χ2v) is 4.94. The van der Waals surface area contributed by atoms with E-state index < -0.39 is 0 Å². The van der Waals surface area contributed by atoms with Crippen molar-refractivity contribution in [3.05, 3.63) is 18.2 Å². The van der Waals surface area contributed by atoms with Crippen LogP contribution in [0.3, 0.4) is 0 Å². The van der Waals surface area contributed by atoms with Crippen molar-refractivity contribution >= 4 is 0 Å². The summed E-state index contributed by atoms with van der Waals surface area (Å²) in [7, 11) is 0. The maximum Gasteiger partial charge on any atom is 0.108 e. The van der Waals surface area contributed by atoms with Crippen molar-refractivity contribution in [1.82, 2.24) is 14.9 Å². The Hall–Kier alpha value is -0.830. The van der Waals surface area contributed by atoms with Gasteiger partial charge in [0.15, 0.2) is 0 Å². The zero-order valence-corrected chi connectivity index (χ0v) is 11.7. The van der Waals surface area contributed by atoms with Gasteiger partial charge in [0, 0.05) is 30.9 Å². The van der Waals surface area contributed by atoms with Crippen LogP contribution < -0.4 is 5.32 Å². The van der Waals surface area contributed by atoms with E-state index in [2.05, 4.69) is 48.8 Å². The van der Waals surface area contributed by atoms with Gasteiger partial charge in [0.2, 0.25) is 0 Å². The number of nitrogens with zero attached hydrogens (tertiary/aromatic N) is 2. The Labute approximate surface area is 106 Å². The van der Waals surface area contributed by atoms with Crippen LogP contribution in [0.1, 0.15) is 58.8 Å². The quantitative estimate of drug-likeness (QED) is 0.752. The lowest BCUT2D eigenvalue weighted by Crippen LogP contribution is -2.29. The highest BCUT2D eigenvalue weighted by Gasteiger charge is 2.12. The van der Waals surface area contributed by atoms with Crippen LogP contribution in [0.25, 0.3) is 0 Å². The number of aryl methyl sites for hydroxylation is 1. The Morgan fingerprint density at radius 1 is 1.29 bits per heavy atom. The van der Waals surface area contributed by atoms with Gasteiger partial charge in [-0.3, -0.25) is 0 Å². The summed E-state index contributed by atoms with van der Waals surface area (Å²) in [6.07, 6.45) is 8.63. The van der Waals surface area contributed by atoms with Crippen molar-refractivity contribution in [2.24, 2.45) is 0 Å². The number of rotatable bonds is 8. The van der Waals surface area contributed by atoms with Crippen LogP contribution in [0.2, 0.25) is 0 Å². The predicted octanol–water partition coefficient (Wildman–Crippen LogP) is 3.17. The second kappa shape index (κ2) is 7.49. The van der Waals surface area contributed by atoms with Crippen LogP contribution in [-0.4, -0.2) is 22.1 Å². The summed E-state index contributed by atoms with van der Waals surface area (Å²) < 4.78 is 2.33. The summed E-state index contributed by atoms with van der Waals surface area (Å²) in [5.74, 6) is 1.22. The molecule has 0 aliphatic rings. The molecule has 1 rings (SSSR count). The summed E-state index contributed by atoms with van der Waals surface area (Å²) >= 11 is 0. The van der Waals surface area contributed by atoms with Crippen LogP contribution in [0, 0.1) is 0 Å². The summed E-state index contributed by atoms with van der Waals surface area (Å²) in [6, 6.07) is 1.10. The Balaban J connectivity index is 2.50. The molecule has 0 saturated heterocycles. The van der Waals surface area contributed by atoms with Gasteiger partial charge in [-0.15, -0.1) is 0 Å². The molecule has 0 saturated carbocycles. The minimum Gasteiger partial charge on any atom is -0.332 e. The molecule has 1 N–H and O–H groups in total. The van der Waals surface area contributed by atoms with E-state index in [-0.39, 0.29) is 0 Å². The molecule has 0 fully saturated rings. The van der Waals surface area contributed by atoms with E-state index in [4.69, 9.17) is 0 Å². The smallest absolute Gasteiger partial charge is 0.108 e. The van der Waals surface area contributed by atoms with Crippen molar-refractivity contribution in [3.8, 4) is 0 Å². The molecule has 1 heterocycles. The Bertz CT molecular complexity index is 306. The average molecular weight is 237 g/mol. The number of hydrogen-bond donors (Lipinski definition) is 1. The molecule has 0 spiro atoms. The van der Waals surface area contributed by atoms with Crippen molar-refractivity contribution < 1.29 is 0 Å². The monoisotopic (exact) mass is 237 g/mol. The van der Waals surface area contributed by atoms with Gasteiger partial charge in [-0.1, -0.05) is 13.8 Å². The molecule has 0 amide bonds. The third kappa shape index (κ3) is 4.50. The van der Waals surface area contributed by atoms with E-state index in [9.17, 15) is 0 Å². The minimum atomic E-state index is 0.526. The lowest BCUT2D eigenvalue weighted by Gasteiger charge is -2.21. The largest absolute Gasteiger partial charge is 0.332 e. The van der Waals surface area contributed by atoms with Gasteiger partial charge in [-0.25, -0.2) is 4.98 Å². The molecule has 3 heteroatoms. The fourth-order valence-electron chi connectivity index (χ4n) is 2.26. The van der Waals surface area contributed by atoms with E-state index >= 15 is 0 Å². The molecule has 2 unspecified atom stereocenters. The molecule has 98 valence electrons. The van der Waals surface area contributed by atoms with Gasteiger partial charge in [0.25, 0.3) is 0 Å². The van der Waals surface area contributed by atoms with Crippen LogP contribution in [0.5, 0.6) is 0 Å². The van der Waals surface area contributed by atoms with Crippen molar-refractivity contribution in [3.63, 3.8) is 0 Å². The molecular formula is C14H27N3. The molecule has 0 radical (unpaired) electrons. The van der Waals surface area contributed by atoms with E-state index in [1.165, 1.54) is 12.2 Å². The fourth-order valence-corrected chi connectivity index (χ4v) is 2.26. The highest BCUT2D eigenvalue weighted by molar-refractivity contribution is 4.95. The van der Waals surface area contributed by atoms with Crippen LogP contribution >= 0.6 is 0 Å². The number of hydrogen-bond acceptors (Lipinski definition) is 2. The zero-order chi connectivity index (χ0) is 12.7. The number of nitrogens with one attached hydrogen (secondary N) is 1. The Morgan fingerprint density at radius 2 is 2.06 bits per heavy atom. The summed E-state index contributed by atoms with van der Waals surface area (Å²) in [5, 5.41) is 3.54. The first-order chi connectivity index (χ1) is 8.19. The maximum atomic E-state index is 4.44. The first-order valence-electron chi connectivity index (χ1n) is 6.94. The Kier molecular flexibility index (Phi) is 6.27. The zero-order valence-electron chi connectivity index (χ0n) is 11.7. The average Bonchev–Trinajstić information content (AvgIpc) is 2.75. The highest BCUT2D eigenvalue weighted by atomic mass is 15.1. The van der Waals surface area contributed by atoms with Gasteiger partial charge >= 0.3 is 0 Å².